The minimum Gasteiger partial charge on any atom is -0.312 e. The van der Waals surface area contributed by atoms with Crippen LogP contribution in [0.3, 0.4) is 0 Å². The van der Waals surface area contributed by atoms with E-state index in [0.29, 0.717) is 24.2 Å². The van der Waals surface area contributed by atoms with E-state index in [1.54, 1.807) is 29.2 Å². The molecule has 0 spiro atoms. The fraction of sp³-hybridized carbons (Fsp3) is 0.278. The van der Waals surface area contributed by atoms with E-state index >= 15 is 0 Å². The predicted octanol–water partition coefficient (Wildman–Crippen LogP) is 2.96. The van der Waals surface area contributed by atoms with E-state index in [4.69, 9.17) is 0 Å². The van der Waals surface area contributed by atoms with Gasteiger partial charge in [0.15, 0.2) is 4.90 Å². The van der Waals surface area contributed by atoms with E-state index in [1.807, 2.05) is 0 Å². The van der Waals surface area contributed by atoms with Gasteiger partial charge < -0.3 is 4.90 Å². The number of carbonyl (C=O) groups excluding carboxylic acids is 1. The molecule has 0 unspecified atom stereocenters. The lowest BCUT2D eigenvalue weighted by Gasteiger charge is -2.27. The SMILES string of the molecule is O=C1CCCCN1c1cccc(CNS(=O)(=O)c2c(F)cccc2F)c1. The monoisotopic (exact) mass is 380 g/mol. The number of halogens is 2. The Kier molecular flexibility index (Phi) is 5.33. The molecule has 0 bridgehead atoms. The highest BCUT2D eigenvalue weighted by Gasteiger charge is 2.24. The average molecular weight is 380 g/mol. The molecule has 1 amide bonds. The number of piperidine rings is 1. The van der Waals surface area contributed by atoms with Gasteiger partial charge in [0.1, 0.15) is 11.6 Å². The van der Waals surface area contributed by atoms with Gasteiger partial charge in [-0.1, -0.05) is 18.2 Å². The smallest absolute Gasteiger partial charge is 0.246 e. The lowest BCUT2D eigenvalue weighted by Crippen LogP contribution is -2.35. The molecule has 1 aliphatic heterocycles. The van der Waals surface area contributed by atoms with Crippen molar-refractivity contribution in [2.24, 2.45) is 0 Å². The molecule has 1 saturated heterocycles. The van der Waals surface area contributed by atoms with Gasteiger partial charge in [-0.15, -0.1) is 0 Å². The first-order valence-electron chi connectivity index (χ1n) is 8.21. The maximum absolute atomic E-state index is 13.7. The van der Waals surface area contributed by atoms with Crippen LogP contribution in [0.2, 0.25) is 0 Å². The fourth-order valence-corrected chi connectivity index (χ4v) is 4.05. The van der Waals surface area contributed by atoms with Crippen LogP contribution in [0.5, 0.6) is 0 Å². The molecule has 1 aliphatic rings. The Hall–Kier alpha value is -2.32. The maximum Gasteiger partial charge on any atom is 0.246 e. The predicted molar refractivity (Wildman–Crippen MR) is 93.0 cm³/mol. The highest BCUT2D eigenvalue weighted by atomic mass is 32.2. The first-order chi connectivity index (χ1) is 12.4. The van der Waals surface area contributed by atoms with Crippen molar-refractivity contribution in [1.29, 1.82) is 0 Å². The van der Waals surface area contributed by atoms with Crippen molar-refractivity contribution in [3.05, 3.63) is 59.7 Å². The van der Waals surface area contributed by atoms with Gasteiger partial charge in [-0.3, -0.25) is 4.79 Å². The van der Waals surface area contributed by atoms with Crippen LogP contribution < -0.4 is 9.62 Å². The number of sulfonamides is 1. The van der Waals surface area contributed by atoms with Crippen molar-refractivity contribution < 1.29 is 22.0 Å². The Morgan fingerprint density at radius 1 is 1.04 bits per heavy atom. The van der Waals surface area contributed by atoms with Gasteiger partial charge in [-0.2, -0.15) is 0 Å². The molecule has 5 nitrogen and oxygen atoms in total. The number of carbonyl (C=O) groups is 1. The molecule has 0 saturated carbocycles. The van der Waals surface area contributed by atoms with Crippen LogP contribution in [-0.2, 0) is 21.4 Å². The van der Waals surface area contributed by atoms with Crippen LogP contribution in [0.4, 0.5) is 14.5 Å². The Labute approximate surface area is 150 Å². The summed E-state index contributed by atoms with van der Waals surface area (Å²) in [4.78, 5) is 12.7. The van der Waals surface area contributed by atoms with E-state index in [0.717, 1.165) is 31.0 Å². The molecule has 138 valence electrons. The number of nitrogens with one attached hydrogen (secondary N) is 1. The van der Waals surface area contributed by atoms with E-state index in [1.165, 1.54) is 0 Å². The van der Waals surface area contributed by atoms with Crippen LogP contribution >= 0.6 is 0 Å². The van der Waals surface area contributed by atoms with Gasteiger partial charge in [0.05, 0.1) is 0 Å². The largest absolute Gasteiger partial charge is 0.312 e. The number of nitrogens with zero attached hydrogens (tertiary/aromatic N) is 1. The quantitative estimate of drug-likeness (QED) is 0.867. The standard InChI is InChI=1S/C18H18F2N2O3S/c19-15-7-4-8-16(20)18(15)26(24,25)21-12-13-5-3-6-14(11-13)22-10-2-1-9-17(22)23/h3-8,11,21H,1-2,9-10,12H2. The zero-order chi connectivity index (χ0) is 18.7. The Morgan fingerprint density at radius 3 is 2.42 bits per heavy atom. The van der Waals surface area contributed by atoms with Crippen molar-refractivity contribution in [2.45, 2.75) is 30.7 Å². The molecule has 8 heteroatoms. The van der Waals surface area contributed by atoms with Crippen LogP contribution in [0, 0.1) is 11.6 Å². The number of anilines is 1. The molecular weight excluding hydrogens is 362 g/mol. The molecule has 26 heavy (non-hydrogen) atoms. The van der Waals surface area contributed by atoms with Gasteiger partial charge >= 0.3 is 0 Å². The van der Waals surface area contributed by atoms with Crippen LogP contribution in [0.1, 0.15) is 24.8 Å². The van der Waals surface area contributed by atoms with Crippen LogP contribution in [0.25, 0.3) is 0 Å². The molecular formula is C18H18F2N2O3S. The van der Waals surface area contributed by atoms with Crippen molar-refractivity contribution in [3.63, 3.8) is 0 Å². The van der Waals surface area contributed by atoms with E-state index in [-0.39, 0.29) is 12.5 Å². The lowest BCUT2D eigenvalue weighted by atomic mass is 10.1. The zero-order valence-corrected chi connectivity index (χ0v) is 14.7. The molecule has 3 rings (SSSR count). The summed E-state index contributed by atoms with van der Waals surface area (Å²) in [5.74, 6) is -2.27. The number of hydrogen-bond donors (Lipinski definition) is 1. The van der Waals surface area contributed by atoms with Gasteiger partial charge in [0.2, 0.25) is 15.9 Å². The molecule has 0 aromatic heterocycles. The van der Waals surface area contributed by atoms with E-state index in [9.17, 15) is 22.0 Å². The van der Waals surface area contributed by atoms with Gasteiger partial charge in [-0.25, -0.2) is 21.9 Å². The summed E-state index contributed by atoms with van der Waals surface area (Å²) in [6, 6.07) is 9.74. The molecule has 0 aliphatic carbocycles. The Morgan fingerprint density at radius 2 is 1.73 bits per heavy atom. The van der Waals surface area contributed by atoms with Gasteiger partial charge in [0.25, 0.3) is 0 Å². The first kappa shape index (κ1) is 18.5. The topological polar surface area (TPSA) is 66.5 Å². The molecule has 1 N–H and O–H groups in total. The van der Waals surface area contributed by atoms with Crippen LogP contribution in [0.15, 0.2) is 47.4 Å². The highest BCUT2D eigenvalue weighted by molar-refractivity contribution is 7.89. The second-order valence-corrected chi connectivity index (χ2v) is 7.75. The average Bonchev–Trinajstić information content (AvgIpc) is 2.60. The third-order valence-corrected chi connectivity index (χ3v) is 5.65. The normalized spacial score (nSPS) is 15.3. The van der Waals surface area contributed by atoms with E-state index in [2.05, 4.69) is 4.72 Å². The minimum absolute atomic E-state index is 0.0300. The third kappa shape index (κ3) is 3.91. The second-order valence-electron chi connectivity index (χ2n) is 6.05. The van der Waals surface area contributed by atoms with E-state index < -0.39 is 26.6 Å². The maximum atomic E-state index is 13.7. The lowest BCUT2D eigenvalue weighted by molar-refractivity contribution is -0.119. The van der Waals surface area contributed by atoms with Crippen LogP contribution in [-0.4, -0.2) is 20.9 Å². The molecule has 0 radical (unpaired) electrons. The fourth-order valence-electron chi connectivity index (χ4n) is 2.90. The number of amides is 1. The van der Waals surface area contributed by atoms with Crippen molar-refractivity contribution in [3.8, 4) is 0 Å². The number of hydrogen-bond acceptors (Lipinski definition) is 3. The molecule has 1 fully saturated rings. The summed E-state index contributed by atoms with van der Waals surface area (Å²) in [5, 5.41) is 0. The number of rotatable bonds is 5. The molecule has 2 aromatic rings. The second kappa shape index (κ2) is 7.51. The summed E-state index contributed by atoms with van der Waals surface area (Å²) in [7, 11) is -4.35. The van der Waals surface area contributed by atoms with Crippen molar-refractivity contribution >= 4 is 21.6 Å². The molecule has 1 heterocycles. The summed E-state index contributed by atoms with van der Waals surface area (Å²) in [6.45, 7) is 0.473. The summed E-state index contributed by atoms with van der Waals surface area (Å²) < 4.78 is 54.1. The molecule has 0 atom stereocenters. The highest BCUT2D eigenvalue weighted by Crippen LogP contribution is 2.23. The Balaban J connectivity index is 1.78. The summed E-state index contributed by atoms with van der Waals surface area (Å²) >= 11 is 0. The summed E-state index contributed by atoms with van der Waals surface area (Å²) in [5.41, 5.74) is 1.27. The van der Waals surface area contributed by atoms with Crippen molar-refractivity contribution in [2.75, 3.05) is 11.4 Å². The minimum atomic E-state index is -4.35. The van der Waals surface area contributed by atoms with Crippen molar-refractivity contribution in [1.82, 2.24) is 4.72 Å². The Bertz CT molecular complexity index is 912. The third-order valence-electron chi connectivity index (χ3n) is 4.20. The van der Waals surface area contributed by atoms with Gasteiger partial charge in [0, 0.05) is 25.2 Å². The first-order valence-corrected chi connectivity index (χ1v) is 9.70. The zero-order valence-electron chi connectivity index (χ0n) is 13.9. The molecule has 2 aromatic carbocycles. The van der Waals surface area contributed by atoms with Gasteiger partial charge in [-0.05, 0) is 42.7 Å². The summed E-state index contributed by atoms with van der Waals surface area (Å²) in [6.07, 6.45) is 2.27. The number of benzene rings is 2.